The zero-order valence-electron chi connectivity index (χ0n) is 15.0. The Bertz CT molecular complexity index is 325. The van der Waals surface area contributed by atoms with Crippen molar-refractivity contribution < 1.29 is 14.6 Å². The van der Waals surface area contributed by atoms with E-state index in [0.717, 1.165) is 25.7 Å². The van der Waals surface area contributed by atoms with Gasteiger partial charge < -0.3 is 9.84 Å². The molecule has 2 atom stereocenters. The fourth-order valence-electron chi connectivity index (χ4n) is 3.02. The van der Waals surface area contributed by atoms with Crippen LogP contribution in [0.25, 0.3) is 0 Å². The lowest BCUT2D eigenvalue weighted by molar-refractivity contribution is -0.137. The van der Waals surface area contributed by atoms with Crippen LogP contribution in [0.2, 0.25) is 0 Å². The number of carboxylic acid groups (broad SMARTS) is 1. The SMILES string of the molecule is CCCCC[C@H]1O[C@H]1CCCCC=CCCCCCCC(=O)O. The number of aliphatic carboxylic acids is 1. The van der Waals surface area contributed by atoms with Crippen molar-refractivity contribution in [3.63, 3.8) is 0 Å². The minimum absolute atomic E-state index is 0.319. The number of hydrogen-bond acceptors (Lipinski definition) is 2. The number of hydrogen-bond donors (Lipinski definition) is 1. The van der Waals surface area contributed by atoms with Crippen molar-refractivity contribution in [3.8, 4) is 0 Å². The average molecular weight is 325 g/mol. The first-order valence-corrected chi connectivity index (χ1v) is 9.76. The van der Waals surface area contributed by atoms with E-state index < -0.39 is 5.97 Å². The van der Waals surface area contributed by atoms with E-state index in [0.29, 0.717) is 18.6 Å². The molecule has 3 nitrogen and oxygen atoms in total. The van der Waals surface area contributed by atoms with Gasteiger partial charge in [-0.15, -0.1) is 0 Å². The number of carbonyl (C=O) groups is 1. The summed E-state index contributed by atoms with van der Waals surface area (Å²) in [4.78, 5) is 10.4. The van der Waals surface area contributed by atoms with Crippen LogP contribution < -0.4 is 0 Å². The van der Waals surface area contributed by atoms with Crippen LogP contribution in [0.3, 0.4) is 0 Å². The summed E-state index contributed by atoms with van der Waals surface area (Å²) in [6.07, 6.45) is 21.6. The van der Waals surface area contributed by atoms with Crippen molar-refractivity contribution in [3.05, 3.63) is 12.2 Å². The van der Waals surface area contributed by atoms with E-state index in [9.17, 15) is 4.79 Å². The summed E-state index contributed by atoms with van der Waals surface area (Å²) in [6.45, 7) is 2.25. The van der Waals surface area contributed by atoms with Gasteiger partial charge in [-0.25, -0.2) is 0 Å². The minimum Gasteiger partial charge on any atom is -0.481 e. The number of epoxide rings is 1. The van der Waals surface area contributed by atoms with Gasteiger partial charge in [-0.3, -0.25) is 4.79 Å². The smallest absolute Gasteiger partial charge is 0.303 e. The highest BCUT2D eigenvalue weighted by atomic mass is 16.6. The molecule has 0 amide bonds. The van der Waals surface area contributed by atoms with Crippen LogP contribution >= 0.6 is 0 Å². The Morgan fingerprint density at radius 1 is 0.870 bits per heavy atom. The van der Waals surface area contributed by atoms with E-state index in [1.807, 2.05) is 0 Å². The molecule has 3 heteroatoms. The Morgan fingerprint density at radius 2 is 1.43 bits per heavy atom. The van der Waals surface area contributed by atoms with Crippen molar-refractivity contribution >= 4 is 5.97 Å². The number of rotatable bonds is 16. The van der Waals surface area contributed by atoms with Gasteiger partial charge in [0.15, 0.2) is 0 Å². The number of carboxylic acids is 1. The van der Waals surface area contributed by atoms with Gasteiger partial charge in [-0.2, -0.15) is 0 Å². The first kappa shape index (κ1) is 20.2. The summed E-state index contributed by atoms with van der Waals surface area (Å²) in [7, 11) is 0. The molecule has 1 rings (SSSR count). The normalized spacial score (nSPS) is 20.2. The standard InChI is InChI=1S/C20H36O3/c1-2-3-12-15-18-19(23-18)16-13-10-8-6-4-5-7-9-11-14-17-20(21)22/h4,6,18-19H,2-3,5,7-17H2,1H3,(H,21,22)/t18-,19+/m1/s1. The summed E-state index contributed by atoms with van der Waals surface area (Å²) in [6, 6.07) is 0. The van der Waals surface area contributed by atoms with Gasteiger partial charge in [0.25, 0.3) is 0 Å². The number of allylic oxidation sites excluding steroid dienone is 2. The van der Waals surface area contributed by atoms with Gasteiger partial charge in [0.2, 0.25) is 0 Å². The number of ether oxygens (including phenoxy) is 1. The molecular formula is C20H36O3. The van der Waals surface area contributed by atoms with Crippen molar-refractivity contribution in [1.29, 1.82) is 0 Å². The quantitative estimate of drug-likeness (QED) is 0.219. The fraction of sp³-hybridized carbons (Fsp3) is 0.850. The molecule has 0 aromatic carbocycles. The maximum atomic E-state index is 10.4. The Labute approximate surface area is 142 Å². The molecule has 0 bridgehead atoms. The Kier molecular flexibility index (Phi) is 11.9. The maximum absolute atomic E-state index is 10.4. The van der Waals surface area contributed by atoms with Crippen molar-refractivity contribution in [2.45, 2.75) is 109 Å². The zero-order valence-corrected chi connectivity index (χ0v) is 15.0. The average Bonchev–Trinajstić information content (AvgIpc) is 3.27. The third-order valence-corrected chi connectivity index (χ3v) is 4.57. The molecule has 0 aromatic rings. The lowest BCUT2D eigenvalue weighted by Gasteiger charge is -1.98. The molecule has 0 saturated carbocycles. The van der Waals surface area contributed by atoms with Gasteiger partial charge >= 0.3 is 5.97 Å². The molecule has 0 aromatic heterocycles. The second-order valence-electron chi connectivity index (χ2n) is 6.81. The molecule has 0 unspecified atom stereocenters. The van der Waals surface area contributed by atoms with E-state index in [-0.39, 0.29) is 0 Å². The third-order valence-electron chi connectivity index (χ3n) is 4.57. The highest BCUT2D eigenvalue weighted by Crippen LogP contribution is 2.31. The van der Waals surface area contributed by atoms with Crippen LogP contribution in [0, 0.1) is 0 Å². The predicted molar refractivity (Wildman–Crippen MR) is 95.7 cm³/mol. The summed E-state index contributed by atoms with van der Waals surface area (Å²) in [5.41, 5.74) is 0. The highest BCUT2D eigenvalue weighted by Gasteiger charge is 2.36. The molecular weight excluding hydrogens is 288 g/mol. The van der Waals surface area contributed by atoms with Gasteiger partial charge in [0, 0.05) is 6.42 Å². The summed E-state index contributed by atoms with van der Waals surface area (Å²) in [5, 5.41) is 8.54. The molecule has 0 spiro atoms. The Hall–Kier alpha value is -0.830. The lowest BCUT2D eigenvalue weighted by Crippen LogP contribution is -1.94. The monoisotopic (exact) mass is 324 g/mol. The van der Waals surface area contributed by atoms with E-state index in [4.69, 9.17) is 9.84 Å². The van der Waals surface area contributed by atoms with E-state index in [1.54, 1.807) is 0 Å². The molecule has 1 aliphatic rings. The summed E-state index contributed by atoms with van der Waals surface area (Å²) >= 11 is 0. The minimum atomic E-state index is -0.672. The van der Waals surface area contributed by atoms with Gasteiger partial charge in [-0.1, -0.05) is 57.6 Å². The van der Waals surface area contributed by atoms with Gasteiger partial charge in [0.1, 0.15) is 0 Å². The van der Waals surface area contributed by atoms with Crippen LogP contribution in [0.5, 0.6) is 0 Å². The Morgan fingerprint density at radius 3 is 2.04 bits per heavy atom. The molecule has 1 heterocycles. The van der Waals surface area contributed by atoms with Crippen LogP contribution in [0.15, 0.2) is 12.2 Å². The largest absolute Gasteiger partial charge is 0.481 e. The van der Waals surface area contributed by atoms with Crippen LogP contribution in [-0.4, -0.2) is 23.3 Å². The van der Waals surface area contributed by atoms with E-state index in [2.05, 4.69) is 19.1 Å². The Balaban J connectivity index is 1.77. The van der Waals surface area contributed by atoms with E-state index in [1.165, 1.54) is 57.8 Å². The molecule has 134 valence electrons. The third kappa shape index (κ3) is 12.3. The molecule has 0 aliphatic carbocycles. The predicted octanol–water partition coefficient (Wildman–Crippen LogP) is 5.88. The van der Waals surface area contributed by atoms with E-state index >= 15 is 0 Å². The maximum Gasteiger partial charge on any atom is 0.303 e. The van der Waals surface area contributed by atoms with Crippen molar-refractivity contribution in [1.82, 2.24) is 0 Å². The lowest BCUT2D eigenvalue weighted by atomic mass is 10.1. The molecule has 1 aliphatic heterocycles. The molecule has 1 N–H and O–H groups in total. The van der Waals surface area contributed by atoms with Gasteiger partial charge in [-0.05, 0) is 44.9 Å². The van der Waals surface area contributed by atoms with Crippen LogP contribution in [0.1, 0.15) is 96.8 Å². The first-order chi connectivity index (χ1) is 11.2. The van der Waals surface area contributed by atoms with Crippen molar-refractivity contribution in [2.24, 2.45) is 0 Å². The zero-order chi connectivity index (χ0) is 16.8. The highest BCUT2D eigenvalue weighted by molar-refractivity contribution is 5.66. The molecule has 1 fully saturated rings. The summed E-state index contributed by atoms with van der Waals surface area (Å²) in [5.74, 6) is -0.672. The van der Waals surface area contributed by atoms with Crippen LogP contribution in [-0.2, 0) is 9.53 Å². The van der Waals surface area contributed by atoms with Crippen LogP contribution in [0.4, 0.5) is 0 Å². The second kappa shape index (κ2) is 13.6. The summed E-state index contributed by atoms with van der Waals surface area (Å²) < 4.78 is 5.72. The number of unbranched alkanes of at least 4 members (excludes halogenated alkanes) is 8. The second-order valence-corrected chi connectivity index (χ2v) is 6.81. The molecule has 1 saturated heterocycles. The van der Waals surface area contributed by atoms with Gasteiger partial charge in [0.05, 0.1) is 12.2 Å². The topological polar surface area (TPSA) is 49.8 Å². The van der Waals surface area contributed by atoms with Crippen molar-refractivity contribution in [2.75, 3.05) is 0 Å². The molecule has 23 heavy (non-hydrogen) atoms. The first-order valence-electron chi connectivity index (χ1n) is 9.76. The fourth-order valence-corrected chi connectivity index (χ4v) is 3.02. The molecule has 0 radical (unpaired) electrons.